The van der Waals surface area contributed by atoms with Crippen LogP contribution < -0.4 is 15.8 Å². The molecule has 0 saturated heterocycles. The van der Waals surface area contributed by atoms with Gasteiger partial charge in [0.15, 0.2) is 18.2 Å². The number of benzene rings is 2. The van der Waals surface area contributed by atoms with Crippen LogP contribution >= 0.6 is 0 Å². The molecular weight excluding hydrogens is 278 g/mol. The second kappa shape index (κ2) is 6.21. The van der Waals surface area contributed by atoms with E-state index in [1.54, 1.807) is 25.1 Å². The van der Waals surface area contributed by atoms with Crippen LogP contribution in [0.25, 0.3) is 0 Å². The molecule has 2 aromatic carbocycles. The molecule has 0 aliphatic heterocycles. The smallest absolute Gasteiger partial charge is 0.262 e. The molecule has 1 amide bonds. The Morgan fingerprint density at radius 2 is 2.00 bits per heavy atom. The summed E-state index contributed by atoms with van der Waals surface area (Å²) in [5.74, 6) is -2.15. The largest absolute Gasteiger partial charge is 0.481 e. The lowest BCUT2D eigenvalue weighted by molar-refractivity contribution is -0.118. The van der Waals surface area contributed by atoms with E-state index in [-0.39, 0.29) is 5.75 Å². The van der Waals surface area contributed by atoms with Crippen LogP contribution in [0, 0.1) is 18.6 Å². The van der Waals surface area contributed by atoms with Crippen LogP contribution in [0.2, 0.25) is 0 Å². The van der Waals surface area contributed by atoms with Crippen molar-refractivity contribution in [3.63, 3.8) is 0 Å². The number of anilines is 2. The summed E-state index contributed by atoms with van der Waals surface area (Å²) < 4.78 is 31.2. The van der Waals surface area contributed by atoms with E-state index in [2.05, 4.69) is 5.32 Å². The van der Waals surface area contributed by atoms with Crippen LogP contribution in [-0.2, 0) is 4.79 Å². The van der Waals surface area contributed by atoms with Crippen molar-refractivity contribution in [2.75, 3.05) is 17.7 Å². The summed E-state index contributed by atoms with van der Waals surface area (Å²) >= 11 is 0. The maximum absolute atomic E-state index is 13.3. The van der Waals surface area contributed by atoms with Gasteiger partial charge in [-0.1, -0.05) is 0 Å². The fraction of sp³-hybridized carbons (Fsp3) is 0.133. The Morgan fingerprint density at radius 1 is 1.24 bits per heavy atom. The van der Waals surface area contributed by atoms with Crippen molar-refractivity contribution < 1.29 is 18.3 Å². The third-order valence-corrected chi connectivity index (χ3v) is 2.78. The van der Waals surface area contributed by atoms with Crippen molar-refractivity contribution in [3.8, 4) is 5.75 Å². The van der Waals surface area contributed by atoms with Crippen molar-refractivity contribution in [1.29, 1.82) is 0 Å². The Labute approximate surface area is 120 Å². The highest BCUT2D eigenvalue weighted by Crippen LogP contribution is 2.19. The first-order chi connectivity index (χ1) is 9.95. The monoisotopic (exact) mass is 292 g/mol. The number of ether oxygens (including phenoxy) is 1. The average molecular weight is 292 g/mol. The van der Waals surface area contributed by atoms with Crippen LogP contribution in [0.15, 0.2) is 36.4 Å². The molecule has 0 spiro atoms. The van der Waals surface area contributed by atoms with Crippen LogP contribution in [0.1, 0.15) is 5.56 Å². The Kier molecular flexibility index (Phi) is 4.37. The minimum Gasteiger partial charge on any atom is -0.481 e. The van der Waals surface area contributed by atoms with Gasteiger partial charge in [0.2, 0.25) is 0 Å². The topological polar surface area (TPSA) is 64.3 Å². The standard InChI is InChI=1S/C15H14F2N2O2/c1-9-6-11(18)3-5-13(9)19-15(20)8-21-14-7-10(16)2-4-12(14)17/h2-7H,8,18H2,1H3,(H,19,20). The normalized spacial score (nSPS) is 10.2. The summed E-state index contributed by atoms with van der Waals surface area (Å²) in [6, 6.07) is 7.81. The molecule has 110 valence electrons. The summed E-state index contributed by atoms with van der Waals surface area (Å²) in [6.45, 7) is 1.36. The number of carbonyl (C=O) groups excluding carboxylic acids is 1. The van der Waals surface area contributed by atoms with Crippen molar-refractivity contribution >= 4 is 17.3 Å². The lowest BCUT2D eigenvalue weighted by Gasteiger charge is -2.10. The van der Waals surface area contributed by atoms with Crippen LogP contribution in [0.4, 0.5) is 20.2 Å². The van der Waals surface area contributed by atoms with E-state index in [9.17, 15) is 13.6 Å². The summed E-state index contributed by atoms with van der Waals surface area (Å²) in [6.07, 6.45) is 0. The second-order valence-corrected chi connectivity index (χ2v) is 4.49. The Bertz CT molecular complexity index is 675. The third kappa shape index (κ3) is 3.92. The van der Waals surface area contributed by atoms with E-state index in [0.29, 0.717) is 11.4 Å². The first-order valence-corrected chi connectivity index (χ1v) is 6.19. The van der Waals surface area contributed by atoms with E-state index in [0.717, 1.165) is 23.8 Å². The Balaban J connectivity index is 1.97. The number of halogens is 2. The van der Waals surface area contributed by atoms with Crippen LogP contribution in [0.5, 0.6) is 5.75 Å². The van der Waals surface area contributed by atoms with Gasteiger partial charge in [-0.2, -0.15) is 0 Å². The summed E-state index contributed by atoms with van der Waals surface area (Å²) in [7, 11) is 0. The zero-order valence-electron chi connectivity index (χ0n) is 11.3. The molecule has 0 bridgehead atoms. The van der Waals surface area contributed by atoms with E-state index in [1.807, 2.05) is 0 Å². The van der Waals surface area contributed by atoms with Crippen LogP contribution in [0.3, 0.4) is 0 Å². The van der Waals surface area contributed by atoms with Gasteiger partial charge in [-0.25, -0.2) is 8.78 Å². The van der Waals surface area contributed by atoms with Gasteiger partial charge in [-0.05, 0) is 42.8 Å². The number of nitrogens with two attached hydrogens (primary N) is 1. The van der Waals surface area contributed by atoms with E-state index < -0.39 is 24.1 Å². The summed E-state index contributed by atoms with van der Waals surface area (Å²) in [4.78, 5) is 11.7. The first-order valence-electron chi connectivity index (χ1n) is 6.19. The fourth-order valence-corrected chi connectivity index (χ4v) is 1.74. The lowest BCUT2D eigenvalue weighted by atomic mass is 10.2. The minimum absolute atomic E-state index is 0.306. The van der Waals surface area contributed by atoms with Gasteiger partial charge in [-0.3, -0.25) is 4.79 Å². The highest BCUT2D eigenvalue weighted by molar-refractivity contribution is 5.92. The fourth-order valence-electron chi connectivity index (χ4n) is 1.74. The maximum atomic E-state index is 13.3. The Morgan fingerprint density at radius 3 is 2.71 bits per heavy atom. The lowest BCUT2D eigenvalue weighted by Crippen LogP contribution is -2.21. The van der Waals surface area contributed by atoms with E-state index in [4.69, 9.17) is 10.5 Å². The van der Waals surface area contributed by atoms with Gasteiger partial charge in [0.05, 0.1) is 0 Å². The first kappa shape index (κ1) is 14.8. The molecule has 0 fully saturated rings. The molecule has 0 heterocycles. The molecule has 6 heteroatoms. The van der Waals surface area contributed by atoms with Gasteiger partial charge in [0.25, 0.3) is 5.91 Å². The average Bonchev–Trinajstić information content (AvgIpc) is 2.43. The number of rotatable bonds is 4. The van der Waals surface area contributed by atoms with Crippen molar-refractivity contribution in [1.82, 2.24) is 0 Å². The molecule has 21 heavy (non-hydrogen) atoms. The molecule has 2 rings (SSSR count). The van der Waals surface area contributed by atoms with Gasteiger partial charge >= 0.3 is 0 Å². The highest BCUT2D eigenvalue weighted by Gasteiger charge is 2.09. The second-order valence-electron chi connectivity index (χ2n) is 4.49. The van der Waals surface area contributed by atoms with Gasteiger partial charge in [0.1, 0.15) is 5.82 Å². The minimum atomic E-state index is -0.729. The molecule has 3 N–H and O–H groups in total. The quantitative estimate of drug-likeness (QED) is 0.852. The number of nitrogens with one attached hydrogen (secondary N) is 1. The zero-order chi connectivity index (χ0) is 15.4. The van der Waals surface area contributed by atoms with Crippen molar-refractivity contribution in [3.05, 3.63) is 53.6 Å². The maximum Gasteiger partial charge on any atom is 0.262 e. The molecule has 0 aliphatic rings. The van der Waals surface area contributed by atoms with E-state index in [1.165, 1.54) is 0 Å². The molecule has 0 saturated carbocycles. The molecule has 2 aromatic rings. The van der Waals surface area contributed by atoms with Crippen molar-refractivity contribution in [2.45, 2.75) is 6.92 Å². The third-order valence-electron chi connectivity index (χ3n) is 2.78. The predicted octanol–water partition coefficient (Wildman–Crippen LogP) is 2.87. The molecule has 0 radical (unpaired) electrons. The molecule has 0 aliphatic carbocycles. The predicted molar refractivity (Wildman–Crippen MR) is 76.1 cm³/mol. The molecule has 4 nitrogen and oxygen atoms in total. The molecular formula is C15H14F2N2O2. The zero-order valence-corrected chi connectivity index (χ0v) is 11.3. The number of nitrogen functional groups attached to an aromatic ring is 1. The molecule has 0 atom stereocenters. The van der Waals surface area contributed by atoms with Gasteiger partial charge in [-0.15, -0.1) is 0 Å². The van der Waals surface area contributed by atoms with E-state index >= 15 is 0 Å². The van der Waals surface area contributed by atoms with Crippen molar-refractivity contribution in [2.24, 2.45) is 0 Å². The van der Waals surface area contributed by atoms with Gasteiger partial charge in [0, 0.05) is 17.4 Å². The molecule has 0 unspecified atom stereocenters. The highest BCUT2D eigenvalue weighted by atomic mass is 19.1. The number of amides is 1. The summed E-state index contributed by atoms with van der Waals surface area (Å²) in [5.41, 5.74) is 7.57. The van der Waals surface area contributed by atoms with Crippen LogP contribution in [-0.4, -0.2) is 12.5 Å². The van der Waals surface area contributed by atoms with Gasteiger partial charge < -0.3 is 15.8 Å². The number of hydrogen-bond donors (Lipinski definition) is 2. The summed E-state index contributed by atoms with van der Waals surface area (Å²) in [5, 5.41) is 2.61. The number of hydrogen-bond acceptors (Lipinski definition) is 3. The number of carbonyl (C=O) groups is 1. The Hall–Kier alpha value is -2.63. The molecule has 0 aromatic heterocycles. The SMILES string of the molecule is Cc1cc(N)ccc1NC(=O)COc1cc(F)ccc1F. The number of aryl methyl sites for hydroxylation is 1.